The second kappa shape index (κ2) is 5.29. The Kier molecular flexibility index (Phi) is 3.61. The molecule has 0 N–H and O–H groups in total. The Hall–Kier alpha value is -1.63. The van der Waals surface area contributed by atoms with Crippen LogP contribution >= 0.6 is 22.6 Å². The number of hydrogen-bond donors (Lipinski definition) is 0. The third-order valence-electron chi connectivity index (χ3n) is 3.16. The van der Waals surface area contributed by atoms with Crippen LogP contribution in [0.3, 0.4) is 0 Å². The van der Waals surface area contributed by atoms with Gasteiger partial charge < -0.3 is 0 Å². The van der Waals surface area contributed by atoms with Gasteiger partial charge in [-0.15, -0.1) is 0 Å². The van der Waals surface area contributed by atoms with Gasteiger partial charge in [0, 0.05) is 14.5 Å². The summed E-state index contributed by atoms with van der Waals surface area (Å²) in [6.07, 6.45) is -4.49. The van der Waals surface area contributed by atoms with Crippen LogP contribution in [0.15, 0.2) is 54.6 Å². The van der Waals surface area contributed by atoms with Crippen molar-refractivity contribution >= 4 is 33.5 Å². The second-order valence-corrected chi connectivity index (χ2v) is 5.61. The first-order valence-electron chi connectivity index (χ1n) is 6.19. The standard InChI is InChI=1S/C16H9F3IN/c17-16(18,19)15-13(10-6-2-1-3-7-10)14(20)11-8-4-5-9-12(11)21-15/h1-9H. The molecule has 0 aliphatic heterocycles. The van der Waals surface area contributed by atoms with Gasteiger partial charge in [-0.25, -0.2) is 4.98 Å². The average molecular weight is 399 g/mol. The molecular formula is C16H9F3IN. The van der Waals surface area contributed by atoms with Gasteiger partial charge in [-0.3, -0.25) is 0 Å². The summed E-state index contributed by atoms with van der Waals surface area (Å²) in [5.74, 6) is 0. The Labute approximate surface area is 133 Å². The summed E-state index contributed by atoms with van der Waals surface area (Å²) in [5, 5.41) is 0.727. The van der Waals surface area contributed by atoms with Crippen molar-refractivity contribution in [3.63, 3.8) is 0 Å². The molecule has 0 radical (unpaired) electrons. The topological polar surface area (TPSA) is 12.9 Å². The highest BCUT2D eigenvalue weighted by Crippen LogP contribution is 2.40. The molecule has 0 saturated carbocycles. The minimum atomic E-state index is -4.49. The van der Waals surface area contributed by atoms with E-state index < -0.39 is 11.9 Å². The van der Waals surface area contributed by atoms with Gasteiger partial charge in [-0.05, 0) is 34.2 Å². The summed E-state index contributed by atoms with van der Waals surface area (Å²) in [4.78, 5) is 3.85. The maximum Gasteiger partial charge on any atom is 0.434 e. The molecule has 3 aromatic rings. The monoisotopic (exact) mass is 399 g/mol. The number of halogens is 4. The molecule has 0 bridgehead atoms. The van der Waals surface area contributed by atoms with Crippen LogP contribution in [-0.4, -0.2) is 4.98 Å². The first-order chi connectivity index (χ1) is 9.98. The number of para-hydroxylation sites is 1. The van der Waals surface area contributed by atoms with Crippen molar-refractivity contribution in [2.24, 2.45) is 0 Å². The quantitative estimate of drug-likeness (QED) is 0.491. The molecule has 1 aromatic heterocycles. The zero-order valence-corrected chi connectivity index (χ0v) is 12.8. The van der Waals surface area contributed by atoms with Gasteiger partial charge in [0.15, 0.2) is 5.69 Å². The highest BCUT2D eigenvalue weighted by atomic mass is 127. The Morgan fingerprint density at radius 2 is 1.48 bits per heavy atom. The van der Waals surface area contributed by atoms with Gasteiger partial charge in [0.25, 0.3) is 0 Å². The van der Waals surface area contributed by atoms with Crippen LogP contribution in [0.25, 0.3) is 22.0 Å². The molecule has 3 rings (SSSR count). The molecule has 1 heterocycles. The minimum absolute atomic E-state index is 0.141. The number of alkyl halides is 3. The number of hydrogen-bond acceptors (Lipinski definition) is 1. The number of fused-ring (bicyclic) bond motifs is 1. The highest BCUT2D eigenvalue weighted by Gasteiger charge is 2.37. The molecule has 0 aliphatic carbocycles. The first kappa shape index (κ1) is 14.3. The first-order valence-corrected chi connectivity index (χ1v) is 7.27. The average Bonchev–Trinajstić information content (AvgIpc) is 2.47. The third kappa shape index (κ3) is 2.62. The molecule has 21 heavy (non-hydrogen) atoms. The summed E-state index contributed by atoms with van der Waals surface area (Å²) in [6.45, 7) is 0. The van der Waals surface area contributed by atoms with Crippen LogP contribution in [0.2, 0.25) is 0 Å². The van der Waals surface area contributed by atoms with E-state index in [-0.39, 0.29) is 5.56 Å². The van der Waals surface area contributed by atoms with E-state index in [1.165, 1.54) is 0 Å². The zero-order valence-electron chi connectivity index (χ0n) is 10.7. The van der Waals surface area contributed by atoms with Crippen LogP contribution < -0.4 is 0 Å². The molecule has 2 aromatic carbocycles. The molecule has 0 unspecified atom stereocenters. The molecule has 0 fully saturated rings. The fraction of sp³-hybridized carbons (Fsp3) is 0.0625. The van der Waals surface area contributed by atoms with E-state index in [1.54, 1.807) is 54.6 Å². The summed E-state index contributed by atoms with van der Waals surface area (Å²) in [5.41, 5.74) is 0.181. The SMILES string of the molecule is FC(F)(F)c1nc2ccccc2c(I)c1-c1ccccc1. The van der Waals surface area contributed by atoms with Gasteiger partial charge in [-0.2, -0.15) is 13.2 Å². The number of nitrogens with zero attached hydrogens (tertiary/aromatic N) is 1. The lowest BCUT2D eigenvalue weighted by molar-refractivity contribution is -0.140. The van der Waals surface area contributed by atoms with Crippen molar-refractivity contribution in [1.29, 1.82) is 0 Å². The van der Waals surface area contributed by atoms with E-state index in [1.807, 2.05) is 22.6 Å². The number of pyridine rings is 1. The van der Waals surface area contributed by atoms with Gasteiger partial charge in [0.05, 0.1) is 5.52 Å². The Balaban J connectivity index is 2.43. The van der Waals surface area contributed by atoms with E-state index in [0.717, 1.165) is 5.39 Å². The molecule has 0 saturated heterocycles. The fourth-order valence-electron chi connectivity index (χ4n) is 2.25. The Morgan fingerprint density at radius 3 is 2.14 bits per heavy atom. The summed E-state index contributed by atoms with van der Waals surface area (Å²) in [6, 6.07) is 15.4. The Bertz CT molecular complexity index is 798. The van der Waals surface area contributed by atoms with Crippen LogP contribution in [0, 0.1) is 3.57 Å². The van der Waals surface area contributed by atoms with Crippen molar-refractivity contribution in [3.05, 3.63) is 63.9 Å². The van der Waals surface area contributed by atoms with E-state index in [9.17, 15) is 13.2 Å². The molecule has 0 aliphatic rings. The van der Waals surface area contributed by atoms with Crippen LogP contribution in [0.5, 0.6) is 0 Å². The van der Waals surface area contributed by atoms with Gasteiger partial charge in [-0.1, -0.05) is 48.5 Å². The van der Waals surface area contributed by atoms with Crippen molar-refractivity contribution in [1.82, 2.24) is 4.98 Å². The number of aromatic nitrogens is 1. The van der Waals surface area contributed by atoms with Crippen molar-refractivity contribution in [2.45, 2.75) is 6.18 Å². The number of benzene rings is 2. The summed E-state index contributed by atoms with van der Waals surface area (Å²) < 4.78 is 40.7. The summed E-state index contributed by atoms with van der Waals surface area (Å²) >= 11 is 1.97. The predicted octanol–water partition coefficient (Wildman–Crippen LogP) is 5.53. The minimum Gasteiger partial charge on any atom is -0.243 e. The van der Waals surface area contributed by atoms with Gasteiger partial charge in [0.1, 0.15) is 0 Å². The molecule has 106 valence electrons. The molecule has 5 heteroatoms. The smallest absolute Gasteiger partial charge is 0.243 e. The molecule has 0 atom stereocenters. The van der Waals surface area contributed by atoms with Crippen LogP contribution in [-0.2, 0) is 6.18 Å². The molecule has 0 spiro atoms. The van der Waals surface area contributed by atoms with Crippen LogP contribution in [0.4, 0.5) is 13.2 Å². The predicted molar refractivity (Wildman–Crippen MR) is 84.9 cm³/mol. The summed E-state index contributed by atoms with van der Waals surface area (Å²) in [7, 11) is 0. The van der Waals surface area contributed by atoms with Crippen molar-refractivity contribution < 1.29 is 13.2 Å². The van der Waals surface area contributed by atoms with Gasteiger partial charge in [0.2, 0.25) is 0 Å². The second-order valence-electron chi connectivity index (χ2n) is 4.53. The van der Waals surface area contributed by atoms with E-state index >= 15 is 0 Å². The lowest BCUT2D eigenvalue weighted by Gasteiger charge is -2.16. The zero-order chi connectivity index (χ0) is 15.0. The van der Waals surface area contributed by atoms with E-state index in [0.29, 0.717) is 14.7 Å². The maximum absolute atomic E-state index is 13.4. The molecule has 0 amide bonds. The van der Waals surface area contributed by atoms with Crippen LogP contribution in [0.1, 0.15) is 5.69 Å². The normalized spacial score (nSPS) is 11.8. The molecular weight excluding hydrogens is 390 g/mol. The lowest BCUT2D eigenvalue weighted by Crippen LogP contribution is -2.12. The third-order valence-corrected chi connectivity index (χ3v) is 4.28. The van der Waals surface area contributed by atoms with Crippen molar-refractivity contribution in [2.75, 3.05) is 0 Å². The van der Waals surface area contributed by atoms with Gasteiger partial charge >= 0.3 is 6.18 Å². The lowest BCUT2D eigenvalue weighted by atomic mass is 10.0. The maximum atomic E-state index is 13.4. The van der Waals surface area contributed by atoms with Crippen molar-refractivity contribution in [3.8, 4) is 11.1 Å². The Morgan fingerprint density at radius 1 is 0.857 bits per heavy atom. The molecule has 1 nitrogen and oxygen atoms in total. The highest BCUT2D eigenvalue weighted by molar-refractivity contribution is 14.1. The fourth-order valence-corrected chi connectivity index (χ4v) is 3.27. The number of rotatable bonds is 1. The largest absolute Gasteiger partial charge is 0.434 e. The van der Waals surface area contributed by atoms with E-state index in [4.69, 9.17) is 0 Å². The van der Waals surface area contributed by atoms with E-state index in [2.05, 4.69) is 4.98 Å².